The third-order valence-electron chi connectivity index (χ3n) is 7.84. The molecule has 0 bridgehead atoms. The summed E-state index contributed by atoms with van der Waals surface area (Å²) >= 11 is 0. The number of fused-ring (bicyclic) bond motifs is 1. The number of hydroxylamine groups is 1. The van der Waals surface area contributed by atoms with Gasteiger partial charge in [-0.05, 0) is 76.6 Å². The first-order valence-corrected chi connectivity index (χ1v) is 13.9. The van der Waals surface area contributed by atoms with Gasteiger partial charge in [0.1, 0.15) is 5.82 Å². The van der Waals surface area contributed by atoms with Crippen LogP contribution in [0, 0.1) is 12.8 Å². The van der Waals surface area contributed by atoms with E-state index in [2.05, 4.69) is 70.1 Å². The number of amides is 1. The van der Waals surface area contributed by atoms with E-state index in [1.54, 1.807) is 19.2 Å². The molecular weight excluding hydrogens is 478 g/mol. The average Bonchev–Trinajstić information content (AvgIpc) is 3.20. The lowest BCUT2D eigenvalue weighted by atomic mass is 9.96. The van der Waals surface area contributed by atoms with E-state index in [1.165, 1.54) is 22.2 Å². The second-order valence-electron chi connectivity index (χ2n) is 10.3. The summed E-state index contributed by atoms with van der Waals surface area (Å²) in [5.41, 5.74) is 7.02. The molecule has 8 nitrogen and oxygen atoms in total. The van der Waals surface area contributed by atoms with Crippen molar-refractivity contribution in [3.63, 3.8) is 0 Å². The number of allylic oxidation sites excluding steroid dienone is 1. The number of carbonyl (C=O) groups excluding carboxylic acids is 1. The molecule has 4 rings (SSSR count). The Morgan fingerprint density at radius 2 is 2.03 bits per heavy atom. The van der Waals surface area contributed by atoms with Crippen molar-refractivity contribution in [3.05, 3.63) is 59.6 Å². The van der Waals surface area contributed by atoms with Crippen molar-refractivity contribution >= 4 is 23.0 Å². The molecule has 1 atom stereocenters. The van der Waals surface area contributed by atoms with E-state index in [0.717, 1.165) is 64.7 Å². The van der Waals surface area contributed by atoms with Gasteiger partial charge in [0.25, 0.3) is 5.91 Å². The fourth-order valence-electron chi connectivity index (χ4n) is 5.30. The number of rotatable bonds is 11. The first-order chi connectivity index (χ1) is 18.5. The molecule has 2 aliphatic heterocycles. The number of nitrogens with zero attached hydrogens (tertiary/aromatic N) is 3. The Hall–Kier alpha value is -2.94. The van der Waals surface area contributed by atoms with Crippen LogP contribution >= 0.6 is 0 Å². The molecule has 1 aromatic carbocycles. The number of aromatic nitrogens is 1. The Kier molecular flexibility index (Phi) is 10.1. The highest BCUT2D eigenvalue weighted by Gasteiger charge is 2.20. The molecule has 8 heteroatoms. The van der Waals surface area contributed by atoms with Crippen molar-refractivity contribution in [2.24, 2.45) is 18.0 Å². The second-order valence-corrected chi connectivity index (χ2v) is 10.3. The highest BCUT2D eigenvalue weighted by molar-refractivity contribution is 6.11. The average molecular weight is 522 g/mol. The van der Waals surface area contributed by atoms with Crippen LogP contribution in [-0.2, 0) is 27.8 Å². The van der Waals surface area contributed by atoms with Crippen molar-refractivity contribution in [2.45, 2.75) is 58.7 Å². The summed E-state index contributed by atoms with van der Waals surface area (Å²) in [5, 5.41) is 5.06. The predicted octanol–water partition coefficient (Wildman–Crippen LogP) is 4.39. The number of carbonyl (C=O) groups is 1. The van der Waals surface area contributed by atoms with E-state index in [9.17, 15) is 4.79 Å². The Balaban J connectivity index is 1.16. The molecule has 2 saturated heterocycles. The molecule has 0 spiro atoms. The van der Waals surface area contributed by atoms with Crippen molar-refractivity contribution < 1.29 is 14.4 Å². The Bertz CT molecular complexity index is 1150. The van der Waals surface area contributed by atoms with Gasteiger partial charge in [-0.3, -0.25) is 4.79 Å². The number of benzene rings is 1. The van der Waals surface area contributed by atoms with Crippen LogP contribution < -0.4 is 10.8 Å². The molecule has 38 heavy (non-hydrogen) atoms. The number of ether oxygens (including phenoxy) is 1. The van der Waals surface area contributed by atoms with Crippen LogP contribution in [0.4, 0.5) is 0 Å². The predicted molar refractivity (Wildman–Crippen MR) is 153 cm³/mol. The summed E-state index contributed by atoms with van der Waals surface area (Å²) in [7, 11) is 2.15. The van der Waals surface area contributed by atoms with Gasteiger partial charge < -0.3 is 19.5 Å². The number of nitrogens with one attached hydrogen (secondary N) is 2. The molecule has 0 radical (unpaired) electrons. The monoisotopic (exact) mass is 521 g/mol. The van der Waals surface area contributed by atoms with Crippen LogP contribution in [0.15, 0.2) is 53.3 Å². The lowest BCUT2D eigenvalue weighted by Gasteiger charge is -2.33. The standard InChI is InChI=1S/C30H43N5O3/c1-5-25(30(36)33-38-29-12-8-9-19-37-29)21-32-23(3)35-17-14-24(15-18-35)20-31-16-13-26-22(2)34(4)28-11-7-6-10-27(26)28/h5-7,10-11,21,24,29,31H,3,8-9,12-20H2,1-2,4H3,(H,33,36)/b25-5+,32-21-. The minimum atomic E-state index is -0.379. The molecule has 1 aromatic heterocycles. The number of hydrogen-bond donors (Lipinski definition) is 2. The number of aliphatic imine (C=N–C) groups is 1. The fraction of sp³-hybridized carbons (Fsp3) is 0.533. The summed E-state index contributed by atoms with van der Waals surface area (Å²) in [4.78, 5) is 24.5. The molecule has 0 saturated carbocycles. The highest BCUT2D eigenvalue weighted by atomic mass is 16.8. The van der Waals surface area contributed by atoms with Gasteiger partial charge in [0.15, 0.2) is 6.29 Å². The van der Waals surface area contributed by atoms with Crippen molar-refractivity contribution in [1.29, 1.82) is 0 Å². The van der Waals surface area contributed by atoms with Crippen LogP contribution in [0.5, 0.6) is 0 Å². The summed E-state index contributed by atoms with van der Waals surface area (Å²) in [6.45, 7) is 12.7. The molecular formula is C30H43N5O3. The SMILES string of the molecule is C=C(/N=C\C(=C/C)C(=O)NOC1CCCCO1)N1CCC(CNCCc2c(C)n(C)c3ccccc23)CC1. The van der Waals surface area contributed by atoms with Crippen molar-refractivity contribution in [1.82, 2.24) is 20.3 Å². The number of para-hydroxylation sites is 1. The summed E-state index contributed by atoms with van der Waals surface area (Å²) in [6, 6.07) is 8.66. The van der Waals surface area contributed by atoms with Crippen LogP contribution in [0.3, 0.4) is 0 Å². The van der Waals surface area contributed by atoms with E-state index in [0.29, 0.717) is 23.9 Å². The topological polar surface area (TPSA) is 80.1 Å². The number of hydrogen-bond acceptors (Lipinski definition) is 6. The quantitative estimate of drug-likeness (QED) is 0.198. The molecule has 3 heterocycles. The second kappa shape index (κ2) is 13.7. The van der Waals surface area contributed by atoms with Gasteiger partial charge in [0, 0.05) is 56.0 Å². The number of likely N-dealkylation sites (tertiary alicyclic amines) is 1. The van der Waals surface area contributed by atoms with E-state index in [-0.39, 0.29) is 12.2 Å². The summed E-state index contributed by atoms with van der Waals surface area (Å²) in [5.74, 6) is 1.00. The van der Waals surface area contributed by atoms with Crippen LogP contribution in [-0.4, -0.2) is 60.7 Å². The maximum Gasteiger partial charge on any atom is 0.276 e. The minimum absolute atomic E-state index is 0.332. The molecule has 1 amide bonds. The molecule has 2 aliphatic rings. The van der Waals surface area contributed by atoms with Crippen LogP contribution in [0.25, 0.3) is 10.9 Å². The molecule has 2 N–H and O–H groups in total. The highest BCUT2D eigenvalue weighted by Crippen LogP contribution is 2.25. The molecule has 1 unspecified atom stereocenters. The minimum Gasteiger partial charge on any atom is -0.357 e. The maximum absolute atomic E-state index is 12.4. The van der Waals surface area contributed by atoms with E-state index in [4.69, 9.17) is 9.57 Å². The van der Waals surface area contributed by atoms with Gasteiger partial charge >= 0.3 is 0 Å². The molecule has 206 valence electrons. The van der Waals surface area contributed by atoms with Gasteiger partial charge in [-0.1, -0.05) is 30.9 Å². The third-order valence-corrected chi connectivity index (χ3v) is 7.84. The van der Waals surface area contributed by atoms with Gasteiger partial charge in [-0.15, -0.1) is 0 Å². The van der Waals surface area contributed by atoms with Crippen molar-refractivity contribution in [2.75, 3.05) is 32.8 Å². The van der Waals surface area contributed by atoms with Crippen molar-refractivity contribution in [3.8, 4) is 0 Å². The zero-order valence-corrected chi connectivity index (χ0v) is 23.2. The smallest absolute Gasteiger partial charge is 0.276 e. The normalized spacial score (nSPS) is 19.4. The summed E-state index contributed by atoms with van der Waals surface area (Å²) < 4.78 is 7.78. The third kappa shape index (κ3) is 7.12. The Labute approximate surface area is 226 Å². The first kappa shape index (κ1) is 28.1. The molecule has 2 fully saturated rings. The van der Waals surface area contributed by atoms with Gasteiger partial charge in [-0.25, -0.2) is 15.3 Å². The first-order valence-electron chi connectivity index (χ1n) is 13.9. The maximum atomic E-state index is 12.4. The Morgan fingerprint density at radius 1 is 1.24 bits per heavy atom. The van der Waals surface area contributed by atoms with Crippen LogP contribution in [0.2, 0.25) is 0 Å². The lowest BCUT2D eigenvalue weighted by Crippen LogP contribution is -2.37. The summed E-state index contributed by atoms with van der Waals surface area (Å²) in [6.07, 6.45) is 8.99. The zero-order chi connectivity index (χ0) is 26.9. The fourth-order valence-corrected chi connectivity index (χ4v) is 5.30. The molecule has 0 aliphatic carbocycles. The van der Waals surface area contributed by atoms with E-state index in [1.807, 2.05) is 0 Å². The zero-order valence-electron chi connectivity index (χ0n) is 23.2. The van der Waals surface area contributed by atoms with E-state index >= 15 is 0 Å². The lowest BCUT2D eigenvalue weighted by molar-refractivity contribution is -0.198. The number of piperidine rings is 1. The van der Waals surface area contributed by atoms with Gasteiger partial charge in [0.05, 0.1) is 5.57 Å². The Morgan fingerprint density at radius 3 is 2.76 bits per heavy atom. The molecule has 2 aromatic rings. The largest absolute Gasteiger partial charge is 0.357 e. The van der Waals surface area contributed by atoms with Gasteiger partial charge in [-0.2, -0.15) is 0 Å². The van der Waals surface area contributed by atoms with Gasteiger partial charge in [0.2, 0.25) is 0 Å². The number of aryl methyl sites for hydroxylation is 1. The van der Waals surface area contributed by atoms with E-state index < -0.39 is 0 Å². The van der Waals surface area contributed by atoms with Crippen LogP contribution in [0.1, 0.15) is 50.3 Å².